The number of rotatable bonds is 5. The molecule has 0 unspecified atom stereocenters. The Morgan fingerprint density at radius 2 is 2.00 bits per heavy atom. The van der Waals surface area contributed by atoms with Crippen molar-refractivity contribution in [1.29, 1.82) is 0 Å². The molecule has 1 aromatic rings. The number of benzene rings is 1. The Kier molecular flexibility index (Phi) is 4.63. The normalized spacial score (nSPS) is 11.9. The molecule has 0 bridgehead atoms. The lowest BCUT2D eigenvalue weighted by atomic mass is 9.98. The monoisotopic (exact) mass is 237 g/mol. The van der Waals surface area contributed by atoms with Gasteiger partial charge in [-0.15, -0.1) is 0 Å². The van der Waals surface area contributed by atoms with E-state index in [4.69, 9.17) is 4.74 Å². The number of ether oxygens (including phenoxy) is 1. The van der Waals surface area contributed by atoms with E-state index in [0.717, 1.165) is 5.56 Å². The zero-order valence-electron chi connectivity index (χ0n) is 9.88. The molecule has 1 atom stereocenters. The van der Waals surface area contributed by atoms with E-state index in [2.05, 4.69) is 0 Å². The van der Waals surface area contributed by atoms with Crippen molar-refractivity contribution >= 4 is 11.7 Å². The van der Waals surface area contributed by atoms with Crippen molar-refractivity contribution in [1.82, 2.24) is 0 Å². The number of nitro benzene ring substituents is 1. The fraction of sp³-hybridized carbons (Fsp3) is 0.417. The van der Waals surface area contributed by atoms with Crippen LogP contribution in [0.5, 0.6) is 0 Å². The molecule has 5 nitrogen and oxygen atoms in total. The number of hydrogen-bond donors (Lipinski definition) is 0. The Morgan fingerprint density at radius 1 is 1.41 bits per heavy atom. The summed E-state index contributed by atoms with van der Waals surface area (Å²) < 4.78 is 4.85. The van der Waals surface area contributed by atoms with Crippen LogP contribution in [-0.2, 0) is 9.53 Å². The molecule has 0 aliphatic heterocycles. The molecule has 0 saturated carbocycles. The molecule has 1 rings (SSSR count). The molecule has 17 heavy (non-hydrogen) atoms. The molecule has 0 saturated heterocycles. The summed E-state index contributed by atoms with van der Waals surface area (Å²) in [5.74, 6) is -0.256. The van der Waals surface area contributed by atoms with Crippen LogP contribution >= 0.6 is 0 Å². The predicted octanol–water partition coefficient (Wildman–Crippen LogP) is 2.65. The van der Waals surface area contributed by atoms with Crippen molar-refractivity contribution in [3.8, 4) is 0 Å². The summed E-state index contributed by atoms with van der Waals surface area (Å²) in [6, 6.07) is 6.22. The van der Waals surface area contributed by atoms with E-state index < -0.39 is 4.92 Å². The lowest BCUT2D eigenvalue weighted by Gasteiger charge is -2.10. The summed E-state index contributed by atoms with van der Waals surface area (Å²) >= 11 is 0. The van der Waals surface area contributed by atoms with Crippen molar-refractivity contribution in [3.63, 3.8) is 0 Å². The van der Waals surface area contributed by atoms with E-state index in [-0.39, 0.29) is 24.0 Å². The Bertz CT molecular complexity index is 399. The smallest absolute Gasteiger partial charge is 0.306 e. The van der Waals surface area contributed by atoms with Gasteiger partial charge in [0.05, 0.1) is 18.0 Å². The molecule has 5 heteroatoms. The van der Waals surface area contributed by atoms with E-state index in [1.807, 2.05) is 6.92 Å². The van der Waals surface area contributed by atoms with Crippen molar-refractivity contribution in [2.75, 3.05) is 6.61 Å². The number of non-ortho nitro benzene ring substituents is 1. The Balaban J connectivity index is 2.66. The van der Waals surface area contributed by atoms with Crippen LogP contribution in [0.1, 0.15) is 31.7 Å². The molecular formula is C12H15NO4. The number of nitro groups is 1. The third kappa shape index (κ3) is 3.86. The maximum Gasteiger partial charge on any atom is 0.306 e. The van der Waals surface area contributed by atoms with Crippen LogP contribution in [0.4, 0.5) is 5.69 Å². The van der Waals surface area contributed by atoms with Crippen LogP contribution in [0.15, 0.2) is 24.3 Å². The standard InChI is InChI=1S/C12H15NO4/c1-3-17-12(14)8-9(2)10-4-6-11(7-5-10)13(15)16/h4-7,9H,3,8H2,1-2H3/t9-/m0/s1. The second-order valence-corrected chi connectivity index (χ2v) is 3.76. The van der Waals surface area contributed by atoms with Crippen molar-refractivity contribution < 1.29 is 14.5 Å². The minimum Gasteiger partial charge on any atom is -0.466 e. The zero-order chi connectivity index (χ0) is 12.8. The summed E-state index contributed by atoms with van der Waals surface area (Å²) in [7, 11) is 0. The van der Waals surface area contributed by atoms with Crippen molar-refractivity contribution in [2.45, 2.75) is 26.2 Å². The van der Waals surface area contributed by atoms with Gasteiger partial charge in [-0.1, -0.05) is 19.1 Å². The van der Waals surface area contributed by atoms with Crippen molar-refractivity contribution in [2.24, 2.45) is 0 Å². The number of hydrogen-bond acceptors (Lipinski definition) is 4. The van der Waals surface area contributed by atoms with Gasteiger partial charge in [0.25, 0.3) is 5.69 Å². The van der Waals surface area contributed by atoms with E-state index in [9.17, 15) is 14.9 Å². The molecule has 0 fully saturated rings. The van der Waals surface area contributed by atoms with E-state index >= 15 is 0 Å². The highest BCUT2D eigenvalue weighted by molar-refractivity contribution is 5.70. The summed E-state index contributed by atoms with van der Waals surface area (Å²) in [6.07, 6.45) is 0.283. The molecule has 0 radical (unpaired) electrons. The van der Waals surface area contributed by atoms with Gasteiger partial charge in [0.1, 0.15) is 0 Å². The quantitative estimate of drug-likeness (QED) is 0.448. The van der Waals surface area contributed by atoms with Crippen molar-refractivity contribution in [3.05, 3.63) is 39.9 Å². The van der Waals surface area contributed by atoms with Crippen LogP contribution < -0.4 is 0 Å². The number of nitrogens with zero attached hydrogens (tertiary/aromatic N) is 1. The first-order valence-electron chi connectivity index (χ1n) is 5.44. The second kappa shape index (κ2) is 5.98. The minimum atomic E-state index is -0.445. The first kappa shape index (κ1) is 13.2. The van der Waals surface area contributed by atoms with Gasteiger partial charge in [-0.25, -0.2) is 0 Å². The average molecular weight is 237 g/mol. The van der Waals surface area contributed by atoms with Gasteiger partial charge in [-0.2, -0.15) is 0 Å². The second-order valence-electron chi connectivity index (χ2n) is 3.76. The van der Waals surface area contributed by atoms with Crippen LogP contribution in [0.3, 0.4) is 0 Å². The van der Waals surface area contributed by atoms with E-state index in [1.54, 1.807) is 19.1 Å². The van der Waals surface area contributed by atoms with Gasteiger partial charge < -0.3 is 4.74 Å². The Labute approximate surface area is 99.5 Å². The molecular weight excluding hydrogens is 222 g/mol. The molecule has 0 aromatic heterocycles. The van der Waals surface area contributed by atoms with Crippen LogP contribution in [0.2, 0.25) is 0 Å². The predicted molar refractivity (Wildman–Crippen MR) is 62.8 cm³/mol. The molecule has 1 aromatic carbocycles. The summed E-state index contributed by atoms with van der Waals surface area (Å²) in [5.41, 5.74) is 0.945. The highest BCUT2D eigenvalue weighted by atomic mass is 16.6. The molecule has 0 spiro atoms. The van der Waals surface area contributed by atoms with E-state index in [0.29, 0.717) is 6.61 Å². The lowest BCUT2D eigenvalue weighted by Crippen LogP contribution is -2.08. The third-order valence-corrected chi connectivity index (χ3v) is 2.45. The highest BCUT2D eigenvalue weighted by Gasteiger charge is 2.13. The first-order chi connectivity index (χ1) is 8.04. The summed E-state index contributed by atoms with van der Waals surface area (Å²) in [6.45, 7) is 4.01. The van der Waals surface area contributed by atoms with Gasteiger partial charge in [0.15, 0.2) is 0 Å². The fourth-order valence-corrected chi connectivity index (χ4v) is 1.51. The molecule has 0 N–H and O–H groups in total. The zero-order valence-corrected chi connectivity index (χ0v) is 9.88. The molecule has 0 amide bonds. The Morgan fingerprint density at radius 3 is 2.47 bits per heavy atom. The molecule has 0 aliphatic carbocycles. The van der Waals surface area contributed by atoms with Gasteiger partial charge in [0.2, 0.25) is 0 Å². The minimum absolute atomic E-state index is 0.00476. The van der Waals surface area contributed by atoms with Gasteiger partial charge in [0, 0.05) is 12.1 Å². The highest BCUT2D eigenvalue weighted by Crippen LogP contribution is 2.22. The summed E-state index contributed by atoms with van der Waals surface area (Å²) in [4.78, 5) is 21.3. The van der Waals surface area contributed by atoms with Gasteiger partial charge >= 0.3 is 5.97 Å². The largest absolute Gasteiger partial charge is 0.466 e. The maximum atomic E-state index is 11.3. The third-order valence-electron chi connectivity index (χ3n) is 2.45. The van der Waals surface area contributed by atoms with Gasteiger partial charge in [-0.3, -0.25) is 14.9 Å². The van der Waals surface area contributed by atoms with Crippen LogP contribution in [0, 0.1) is 10.1 Å². The Hall–Kier alpha value is -1.91. The average Bonchev–Trinajstić information content (AvgIpc) is 2.29. The summed E-state index contributed by atoms with van der Waals surface area (Å²) in [5, 5.41) is 10.5. The fourth-order valence-electron chi connectivity index (χ4n) is 1.51. The van der Waals surface area contributed by atoms with Crippen LogP contribution in [0.25, 0.3) is 0 Å². The van der Waals surface area contributed by atoms with Gasteiger partial charge in [-0.05, 0) is 18.4 Å². The number of esters is 1. The first-order valence-corrected chi connectivity index (χ1v) is 5.44. The topological polar surface area (TPSA) is 69.4 Å². The molecule has 92 valence electrons. The number of carbonyl (C=O) groups is 1. The lowest BCUT2D eigenvalue weighted by molar-refractivity contribution is -0.384. The number of carbonyl (C=O) groups excluding carboxylic acids is 1. The molecule has 0 heterocycles. The maximum absolute atomic E-state index is 11.3. The van der Waals surface area contributed by atoms with E-state index in [1.165, 1.54) is 12.1 Å². The SMILES string of the molecule is CCOC(=O)C[C@H](C)c1ccc([N+](=O)[O-])cc1. The van der Waals surface area contributed by atoms with Crippen LogP contribution in [-0.4, -0.2) is 17.5 Å². The molecule has 0 aliphatic rings.